The first-order chi connectivity index (χ1) is 13.1. The maximum absolute atomic E-state index is 13.1. The Labute approximate surface area is 163 Å². The van der Waals surface area contributed by atoms with Crippen molar-refractivity contribution in [2.45, 2.75) is 31.8 Å². The summed E-state index contributed by atoms with van der Waals surface area (Å²) >= 11 is 1.64. The summed E-state index contributed by atoms with van der Waals surface area (Å²) in [7, 11) is 0. The molecule has 2 unspecified atom stereocenters. The number of carbonyl (C=O) groups is 1. The molecule has 2 aromatic rings. The Hall–Kier alpha value is -1.92. The van der Waals surface area contributed by atoms with Crippen LogP contribution < -0.4 is 5.32 Å². The average molecular weight is 389 g/mol. The van der Waals surface area contributed by atoms with Crippen molar-refractivity contribution in [3.8, 4) is 10.4 Å². The smallest absolute Gasteiger partial charge is 0.407 e. The predicted molar refractivity (Wildman–Crippen MR) is 106 cm³/mol. The summed E-state index contributed by atoms with van der Waals surface area (Å²) in [4.78, 5) is 15.7. The van der Waals surface area contributed by atoms with Gasteiger partial charge in [0.2, 0.25) is 0 Å². The number of nitrogens with one attached hydrogen (secondary N) is 1. The summed E-state index contributed by atoms with van der Waals surface area (Å²) in [5, 5.41) is 5.02. The first-order valence-corrected chi connectivity index (χ1v) is 10.5. The lowest BCUT2D eigenvalue weighted by atomic mass is 9.86. The highest BCUT2D eigenvalue weighted by Gasteiger charge is 2.36. The zero-order chi connectivity index (χ0) is 18.8. The van der Waals surface area contributed by atoms with Gasteiger partial charge in [-0.05, 0) is 72.5 Å². The van der Waals surface area contributed by atoms with Crippen molar-refractivity contribution in [2.24, 2.45) is 5.92 Å². The Kier molecular flexibility index (Phi) is 5.45. The van der Waals surface area contributed by atoms with E-state index in [1.54, 1.807) is 23.5 Å². The van der Waals surface area contributed by atoms with E-state index in [4.69, 9.17) is 4.74 Å². The second-order valence-electron chi connectivity index (χ2n) is 7.61. The van der Waals surface area contributed by atoms with Crippen LogP contribution in [0, 0.1) is 11.7 Å². The molecule has 0 radical (unpaired) electrons. The standard InChI is InChI=1S/C21H25FN2O2S/c1-14(17-10-20(27-13-17)16-2-4-18(22)5-3-16)11-23-21(25)26-19-12-24-8-6-15(19)7-9-24/h2-5,10,13-15,19H,6-9,11-12H2,1H3,(H,23,25). The van der Waals surface area contributed by atoms with Crippen molar-refractivity contribution >= 4 is 17.4 Å². The number of hydrogen-bond acceptors (Lipinski definition) is 4. The Balaban J connectivity index is 1.28. The molecule has 3 fully saturated rings. The molecule has 5 rings (SSSR count). The largest absolute Gasteiger partial charge is 0.445 e. The van der Waals surface area contributed by atoms with Crippen molar-refractivity contribution in [1.29, 1.82) is 0 Å². The van der Waals surface area contributed by atoms with Crippen LogP contribution in [0.1, 0.15) is 31.2 Å². The molecule has 3 aliphatic heterocycles. The number of nitrogens with zero attached hydrogens (tertiary/aromatic N) is 1. The fourth-order valence-electron chi connectivity index (χ4n) is 3.95. The van der Waals surface area contributed by atoms with Crippen LogP contribution in [0.2, 0.25) is 0 Å². The number of alkyl carbamates (subject to hydrolysis) is 1. The molecule has 2 atom stereocenters. The van der Waals surface area contributed by atoms with E-state index < -0.39 is 0 Å². The zero-order valence-corrected chi connectivity index (χ0v) is 16.3. The monoisotopic (exact) mass is 388 g/mol. The molecule has 1 amide bonds. The van der Waals surface area contributed by atoms with Crippen LogP contribution in [-0.4, -0.2) is 43.3 Å². The minimum absolute atomic E-state index is 0.0361. The molecule has 0 aliphatic carbocycles. The minimum Gasteiger partial charge on any atom is -0.445 e. The molecule has 144 valence electrons. The molecule has 0 saturated carbocycles. The van der Waals surface area contributed by atoms with Gasteiger partial charge in [0.1, 0.15) is 11.9 Å². The number of carbonyl (C=O) groups excluding carboxylic acids is 1. The Bertz CT molecular complexity index is 784. The third-order valence-corrected chi connectivity index (χ3v) is 6.72. The second kappa shape index (κ2) is 7.98. The fourth-order valence-corrected chi connectivity index (χ4v) is 4.99. The van der Waals surface area contributed by atoms with Crippen molar-refractivity contribution in [3.63, 3.8) is 0 Å². The summed E-state index contributed by atoms with van der Waals surface area (Å²) in [6, 6.07) is 8.65. The number of benzene rings is 1. The highest BCUT2D eigenvalue weighted by Crippen LogP contribution is 2.31. The van der Waals surface area contributed by atoms with Gasteiger partial charge in [-0.2, -0.15) is 0 Å². The average Bonchev–Trinajstić information content (AvgIpc) is 3.18. The first kappa shape index (κ1) is 18.4. The summed E-state index contributed by atoms with van der Waals surface area (Å²) in [5.41, 5.74) is 2.18. The molecule has 4 nitrogen and oxygen atoms in total. The zero-order valence-electron chi connectivity index (χ0n) is 15.5. The van der Waals surface area contributed by atoms with Crippen LogP contribution >= 0.6 is 11.3 Å². The van der Waals surface area contributed by atoms with Gasteiger partial charge in [0, 0.05) is 18.0 Å². The molecule has 3 saturated heterocycles. The van der Waals surface area contributed by atoms with E-state index in [0.29, 0.717) is 12.5 Å². The van der Waals surface area contributed by atoms with E-state index in [0.717, 1.165) is 42.9 Å². The van der Waals surface area contributed by atoms with Crippen molar-refractivity contribution in [3.05, 3.63) is 47.1 Å². The number of amides is 1. The van der Waals surface area contributed by atoms with Crippen LogP contribution in [0.3, 0.4) is 0 Å². The lowest BCUT2D eigenvalue weighted by Crippen LogP contribution is -2.52. The van der Waals surface area contributed by atoms with Crippen LogP contribution in [0.25, 0.3) is 10.4 Å². The normalized spacial score (nSPS) is 25.2. The van der Waals surface area contributed by atoms with E-state index in [-0.39, 0.29) is 23.9 Å². The minimum atomic E-state index is -0.311. The van der Waals surface area contributed by atoms with Gasteiger partial charge < -0.3 is 10.1 Å². The Morgan fingerprint density at radius 1 is 1.33 bits per heavy atom. The van der Waals surface area contributed by atoms with Gasteiger partial charge in [0.15, 0.2) is 0 Å². The third kappa shape index (κ3) is 4.33. The quantitative estimate of drug-likeness (QED) is 0.821. The number of hydrogen-bond donors (Lipinski definition) is 1. The molecule has 27 heavy (non-hydrogen) atoms. The lowest BCUT2D eigenvalue weighted by Gasteiger charge is -2.43. The molecule has 2 bridgehead atoms. The van der Waals surface area contributed by atoms with E-state index >= 15 is 0 Å². The van der Waals surface area contributed by atoms with Gasteiger partial charge in [0.05, 0.1) is 0 Å². The maximum atomic E-state index is 13.1. The predicted octanol–water partition coefficient (Wildman–Crippen LogP) is 4.48. The third-order valence-electron chi connectivity index (χ3n) is 5.72. The van der Waals surface area contributed by atoms with E-state index in [1.807, 2.05) is 0 Å². The van der Waals surface area contributed by atoms with Crippen molar-refractivity contribution in [1.82, 2.24) is 10.2 Å². The summed E-state index contributed by atoms with van der Waals surface area (Å²) < 4.78 is 18.8. The topological polar surface area (TPSA) is 41.6 Å². The summed E-state index contributed by atoms with van der Waals surface area (Å²) in [6.45, 7) is 5.78. The molecular weight excluding hydrogens is 363 g/mol. The number of halogens is 1. The fraction of sp³-hybridized carbons (Fsp3) is 0.476. The van der Waals surface area contributed by atoms with E-state index in [1.165, 1.54) is 17.7 Å². The van der Waals surface area contributed by atoms with Crippen molar-refractivity contribution in [2.75, 3.05) is 26.2 Å². The van der Waals surface area contributed by atoms with Gasteiger partial charge in [-0.3, -0.25) is 4.90 Å². The summed E-state index contributed by atoms with van der Waals surface area (Å²) in [6.07, 6.45) is 1.99. The lowest BCUT2D eigenvalue weighted by molar-refractivity contribution is -0.0331. The molecule has 1 aromatic carbocycles. The number of piperidine rings is 3. The molecule has 1 aromatic heterocycles. The second-order valence-corrected chi connectivity index (χ2v) is 8.53. The number of fused-ring (bicyclic) bond motifs is 3. The van der Waals surface area contributed by atoms with Crippen LogP contribution in [0.15, 0.2) is 35.7 Å². The molecule has 3 aliphatic rings. The highest BCUT2D eigenvalue weighted by atomic mass is 32.1. The molecule has 0 spiro atoms. The van der Waals surface area contributed by atoms with Crippen LogP contribution in [-0.2, 0) is 4.74 Å². The van der Waals surface area contributed by atoms with Crippen LogP contribution in [0.4, 0.5) is 9.18 Å². The SMILES string of the molecule is CC(CNC(=O)OC1CN2CCC1CC2)c1csc(-c2ccc(F)cc2)c1. The van der Waals surface area contributed by atoms with Gasteiger partial charge >= 0.3 is 6.09 Å². The highest BCUT2D eigenvalue weighted by molar-refractivity contribution is 7.13. The van der Waals surface area contributed by atoms with Gasteiger partial charge in [0.25, 0.3) is 0 Å². The van der Waals surface area contributed by atoms with Gasteiger partial charge in [-0.1, -0.05) is 19.1 Å². The molecular formula is C21H25FN2O2S. The first-order valence-electron chi connectivity index (χ1n) is 9.59. The number of thiophene rings is 1. The molecule has 4 heterocycles. The summed E-state index contributed by atoms with van der Waals surface area (Å²) in [5.74, 6) is 0.484. The number of rotatable bonds is 5. The number of ether oxygens (including phenoxy) is 1. The Morgan fingerprint density at radius 3 is 2.74 bits per heavy atom. The van der Waals surface area contributed by atoms with Crippen molar-refractivity contribution < 1.29 is 13.9 Å². The maximum Gasteiger partial charge on any atom is 0.407 e. The molecule has 6 heteroatoms. The van der Waals surface area contributed by atoms with Gasteiger partial charge in [-0.15, -0.1) is 11.3 Å². The van der Waals surface area contributed by atoms with Crippen LogP contribution in [0.5, 0.6) is 0 Å². The van der Waals surface area contributed by atoms with Gasteiger partial charge in [-0.25, -0.2) is 9.18 Å². The molecule has 1 N–H and O–H groups in total. The van der Waals surface area contributed by atoms with E-state index in [9.17, 15) is 9.18 Å². The van der Waals surface area contributed by atoms with E-state index in [2.05, 4.69) is 28.6 Å². The Morgan fingerprint density at radius 2 is 2.07 bits per heavy atom.